The molecule has 0 spiro atoms. The van der Waals surface area contributed by atoms with E-state index in [2.05, 4.69) is 33.7 Å². The van der Waals surface area contributed by atoms with E-state index in [1.165, 1.54) is 0 Å². The highest BCUT2D eigenvalue weighted by Crippen LogP contribution is 2.26. The van der Waals surface area contributed by atoms with Crippen LogP contribution >= 0.6 is 0 Å². The highest BCUT2D eigenvalue weighted by molar-refractivity contribution is 6.16. The number of amides is 2. The molecule has 6 nitrogen and oxygen atoms in total. The number of anilines is 1. The van der Waals surface area contributed by atoms with Crippen LogP contribution in [-0.4, -0.2) is 43.3 Å². The molecule has 1 heterocycles. The van der Waals surface area contributed by atoms with Gasteiger partial charge >= 0.3 is 0 Å². The lowest BCUT2D eigenvalue weighted by Gasteiger charge is -2.24. The van der Waals surface area contributed by atoms with Crippen LogP contribution in [0.2, 0.25) is 0 Å². The SMILES string of the molecule is C[C@H](NC(=O)CC1=CCCC1)C(=O)N[C@@H]1CN(C)c2ccccc2C(c2ccccc2)=N1. The number of nitrogens with one attached hydrogen (secondary N) is 2. The fourth-order valence-corrected chi connectivity index (χ4v) is 4.29. The Morgan fingerprint density at radius 1 is 1.12 bits per heavy atom. The first-order valence-electron chi connectivity index (χ1n) is 11.2. The Kier molecular flexibility index (Phi) is 6.69. The molecule has 4 rings (SSSR count). The Labute approximate surface area is 189 Å². The summed E-state index contributed by atoms with van der Waals surface area (Å²) in [6.07, 6.45) is 5.18. The molecule has 0 unspecified atom stereocenters. The molecule has 0 fully saturated rings. The molecule has 1 aliphatic carbocycles. The molecule has 2 amide bonds. The van der Waals surface area contributed by atoms with Gasteiger partial charge in [-0.3, -0.25) is 14.6 Å². The van der Waals surface area contributed by atoms with Crippen molar-refractivity contribution >= 4 is 23.2 Å². The van der Waals surface area contributed by atoms with Crippen molar-refractivity contribution < 1.29 is 9.59 Å². The second kappa shape index (κ2) is 9.81. The van der Waals surface area contributed by atoms with Gasteiger partial charge in [0.1, 0.15) is 12.2 Å². The van der Waals surface area contributed by atoms with Crippen LogP contribution in [0.5, 0.6) is 0 Å². The maximum Gasteiger partial charge on any atom is 0.243 e. The van der Waals surface area contributed by atoms with Gasteiger partial charge in [-0.15, -0.1) is 0 Å². The van der Waals surface area contributed by atoms with Gasteiger partial charge < -0.3 is 15.5 Å². The highest BCUT2D eigenvalue weighted by Gasteiger charge is 2.25. The maximum absolute atomic E-state index is 12.9. The maximum atomic E-state index is 12.9. The number of allylic oxidation sites excluding steroid dienone is 1. The molecule has 166 valence electrons. The van der Waals surface area contributed by atoms with Crippen LogP contribution in [0.3, 0.4) is 0 Å². The third-order valence-corrected chi connectivity index (χ3v) is 5.95. The molecular weight excluding hydrogens is 400 g/mol. The van der Waals surface area contributed by atoms with Gasteiger partial charge in [0, 0.05) is 30.3 Å². The van der Waals surface area contributed by atoms with Crippen LogP contribution in [0.25, 0.3) is 0 Å². The third-order valence-electron chi connectivity index (χ3n) is 5.95. The lowest BCUT2D eigenvalue weighted by atomic mass is 10.0. The number of benzodiazepines with no additional fused rings is 1. The van der Waals surface area contributed by atoms with E-state index >= 15 is 0 Å². The van der Waals surface area contributed by atoms with Crippen LogP contribution in [0, 0.1) is 0 Å². The van der Waals surface area contributed by atoms with E-state index in [1.54, 1.807) is 6.92 Å². The minimum Gasteiger partial charge on any atom is -0.370 e. The number of likely N-dealkylation sites (N-methyl/N-ethyl adjacent to an activating group) is 1. The van der Waals surface area contributed by atoms with Crippen LogP contribution in [0.15, 0.2) is 71.2 Å². The highest BCUT2D eigenvalue weighted by atomic mass is 16.2. The summed E-state index contributed by atoms with van der Waals surface area (Å²) in [5, 5.41) is 5.85. The molecule has 0 saturated heterocycles. The Balaban J connectivity index is 1.50. The van der Waals surface area contributed by atoms with E-state index in [1.807, 2.05) is 49.5 Å². The summed E-state index contributed by atoms with van der Waals surface area (Å²) in [6, 6.07) is 17.5. The van der Waals surface area contributed by atoms with Crippen LogP contribution in [0.1, 0.15) is 43.7 Å². The summed E-state index contributed by atoms with van der Waals surface area (Å²) in [5.41, 5.74) is 5.11. The van der Waals surface area contributed by atoms with Crippen molar-refractivity contribution in [1.29, 1.82) is 0 Å². The van der Waals surface area contributed by atoms with Gasteiger partial charge in [-0.2, -0.15) is 0 Å². The van der Waals surface area contributed by atoms with E-state index < -0.39 is 12.2 Å². The fourth-order valence-electron chi connectivity index (χ4n) is 4.29. The topological polar surface area (TPSA) is 73.8 Å². The summed E-state index contributed by atoms with van der Waals surface area (Å²) in [5.74, 6) is -0.348. The second-order valence-corrected chi connectivity index (χ2v) is 8.49. The number of hydrogen-bond acceptors (Lipinski definition) is 4. The quantitative estimate of drug-likeness (QED) is 0.690. The first-order valence-corrected chi connectivity index (χ1v) is 11.2. The van der Waals surface area contributed by atoms with Gasteiger partial charge in [-0.25, -0.2) is 0 Å². The van der Waals surface area contributed by atoms with Gasteiger partial charge in [-0.1, -0.05) is 60.2 Å². The predicted molar refractivity (Wildman–Crippen MR) is 128 cm³/mol. The standard InChI is InChI=1S/C26H30N4O2/c1-18(27-24(31)16-19-10-6-7-11-19)26(32)29-23-17-30(2)22-15-9-8-14-21(22)25(28-23)20-12-4-3-5-13-20/h3-5,8-10,12-15,18,23H,6-7,11,16-17H2,1-2H3,(H,27,31)(H,29,32)/t18-,23+/m0/s1. The van der Waals surface area contributed by atoms with Crippen LogP contribution in [-0.2, 0) is 9.59 Å². The summed E-state index contributed by atoms with van der Waals surface area (Å²) < 4.78 is 0. The average Bonchev–Trinajstić information content (AvgIpc) is 3.25. The molecule has 32 heavy (non-hydrogen) atoms. The number of para-hydroxylation sites is 1. The number of nitrogens with zero attached hydrogens (tertiary/aromatic N) is 2. The van der Waals surface area contributed by atoms with Crippen molar-refractivity contribution in [3.05, 3.63) is 77.4 Å². The fraction of sp³-hybridized carbons (Fsp3) is 0.346. The number of carbonyl (C=O) groups excluding carboxylic acids is 2. The summed E-state index contributed by atoms with van der Waals surface area (Å²) >= 11 is 0. The van der Waals surface area contributed by atoms with Crippen molar-refractivity contribution in [3.8, 4) is 0 Å². The molecular formula is C26H30N4O2. The van der Waals surface area contributed by atoms with Gasteiger partial charge in [0.2, 0.25) is 11.8 Å². The molecule has 2 atom stereocenters. The predicted octanol–water partition coefficient (Wildman–Crippen LogP) is 3.42. The first kappa shape index (κ1) is 21.8. The molecule has 0 bridgehead atoms. The monoisotopic (exact) mass is 430 g/mol. The van der Waals surface area contributed by atoms with E-state index in [-0.39, 0.29) is 11.8 Å². The largest absolute Gasteiger partial charge is 0.370 e. The molecule has 2 N–H and O–H groups in total. The van der Waals surface area contributed by atoms with Crippen molar-refractivity contribution in [2.45, 2.75) is 44.8 Å². The Bertz CT molecular complexity index is 1040. The van der Waals surface area contributed by atoms with E-state index in [0.717, 1.165) is 47.4 Å². The summed E-state index contributed by atoms with van der Waals surface area (Å²) in [7, 11) is 2.00. The molecule has 2 aromatic rings. The second-order valence-electron chi connectivity index (χ2n) is 8.49. The van der Waals surface area contributed by atoms with Crippen molar-refractivity contribution in [3.63, 3.8) is 0 Å². The van der Waals surface area contributed by atoms with Crippen molar-refractivity contribution in [2.75, 3.05) is 18.5 Å². The normalized spacial score (nSPS) is 18.7. The number of fused-ring (bicyclic) bond motifs is 1. The number of benzene rings is 2. The Morgan fingerprint density at radius 3 is 2.62 bits per heavy atom. The minimum atomic E-state index is -0.629. The minimum absolute atomic E-state index is 0.111. The molecule has 2 aliphatic rings. The number of hydrogen-bond donors (Lipinski definition) is 2. The number of carbonyl (C=O) groups is 2. The van der Waals surface area contributed by atoms with E-state index in [9.17, 15) is 9.59 Å². The average molecular weight is 431 g/mol. The first-order chi connectivity index (χ1) is 15.5. The zero-order valence-corrected chi connectivity index (χ0v) is 18.7. The molecule has 0 radical (unpaired) electrons. The van der Waals surface area contributed by atoms with Crippen LogP contribution in [0.4, 0.5) is 5.69 Å². The summed E-state index contributed by atoms with van der Waals surface area (Å²) in [4.78, 5) is 32.3. The van der Waals surface area contributed by atoms with Crippen molar-refractivity contribution in [2.24, 2.45) is 4.99 Å². The number of rotatable bonds is 6. The van der Waals surface area contributed by atoms with Crippen LogP contribution < -0.4 is 15.5 Å². The summed E-state index contributed by atoms with van der Waals surface area (Å²) in [6.45, 7) is 2.25. The van der Waals surface area contributed by atoms with Gasteiger partial charge in [0.25, 0.3) is 0 Å². The zero-order chi connectivity index (χ0) is 22.5. The smallest absolute Gasteiger partial charge is 0.243 e. The van der Waals surface area contributed by atoms with Gasteiger partial charge in [0.15, 0.2) is 0 Å². The number of aliphatic imine (C=N–C) groups is 1. The van der Waals surface area contributed by atoms with Gasteiger partial charge in [0.05, 0.1) is 12.3 Å². The Morgan fingerprint density at radius 2 is 1.88 bits per heavy atom. The van der Waals surface area contributed by atoms with Crippen molar-refractivity contribution in [1.82, 2.24) is 10.6 Å². The molecule has 2 aromatic carbocycles. The zero-order valence-electron chi connectivity index (χ0n) is 18.7. The molecule has 6 heteroatoms. The Hall–Kier alpha value is -3.41. The van der Waals surface area contributed by atoms with E-state index in [0.29, 0.717) is 13.0 Å². The van der Waals surface area contributed by atoms with E-state index in [4.69, 9.17) is 4.99 Å². The molecule has 0 aromatic heterocycles. The lowest BCUT2D eigenvalue weighted by molar-refractivity contribution is -0.128. The molecule has 0 saturated carbocycles. The van der Waals surface area contributed by atoms with Gasteiger partial charge in [-0.05, 0) is 32.3 Å². The third kappa shape index (κ3) is 5.07. The lowest BCUT2D eigenvalue weighted by Crippen LogP contribution is -2.50. The molecule has 1 aliphatic heterocycles.